The summed E-state index contributed by atoms with van der Waals surface area (Å²) >= 11 is 0. The molecule has 1 aromatic rings. The molecule has 9 nitrogen and oxygen atoms in total. The van der Waals surface area contributed by atoms with Crippen LogP contribution in [0.3, 0.4) is 0 Å². The van der Waals surface area contributed by atoms with Crippen LogP contribution in [0.15, 0.2) is 29.2 Å². The van der Waals surface area contributed by atoms with Crippen molar-refractivity contribution < 1.29 is 27.5 Å². The van der Waals surface area contributed by atoms with Gasteiger partial charge in [-0.05, 0) is 43.5 Å². The highest BCUT2D eigenvalue weighted by molar-refractivity contribution is 7.89. The van der Waals surface area contributed by atoms with Gasteiger partial charge < -0.3 is 9.64 Å². The summed E-state index contributed by atoms with van der Waals surface area (Å²) < 4.78 is 28.4. The van der Waals surface area contributed by atoms with Crippen molar-refractivity contribution in [1.82, 2.24) is 4.90 Å². The number of hydrogen-bond donors (Lipinski definition) is 1. The van der Waals surface area contributed by atoms with E-state index in [0.717, 1.165) is 17.7 Å². The number of nitrogens with two attached hydrogens (primary N) is 1. The van der Waals surface area contributed by atoms with Crippen molar-refractivity contribution in [3.63, 3.8) is 0 Å². The Morgan fingerprint density at radius 1 is 1.28 bits per heavy atom. The monoisotopic (exact) mass is 423 g/mol. The molecule has 2 unspecified atom stereocenters. The van der Waals surface area contributed by atoms with Crippen molar-refractivity contribution in [2.45, 2.75) is 56.1 Å². The van der Waals surface area contributed by atoms with Gasteiger partial charge in [-0.1, -0.05) is 6.92 Å². The van der Waals surface area contributed by atoms with Crippen molar-refractivity contribution in [3.8, 4) is 0 Å². The molecule has 2 fully saturated rings. The first-order valence-corrected chi connectivity index (χ1v) is 11.2. The normalized spacial score (nSPS) is 22.3. The lowest BCUT2D eigenvalue weighted by Gasteiger charge is -2.29. The Hall–Kier alpha value is -2.30. The lowest BCUT2D eigenvalue weighted by molar-refractivity contribution is -0.140. The Morgan fingerprint density at radius 3 is 2.52 bits per heavy atom. The van der Waals surface area contributed by atoms with Crippen molar-refractivity contribution in [3.05, 3.63) is 24.3 Å². The number of ether oxygens (including phenoxy) is 1. The van der Waals surface area contributed by atoms with Crippen LogP contribution >= 0.6 is 0 Å². The topological polar surface area (TPSA) is 127 Å². The molecule has 0 saturated carbocycles. The van der Waals surface area contributed by atoms with Crippen molar-refractivity contribution in [2.24, 2.45) is 5.14 Å². The van der Waals surface area contributed by atoms with E-state index in [1.165, 1.54) is 29.2 Å². The third kappa shape index (κ3) is 4.65. The number of carbonyl (C=O) groups excluding carboxylic acids is 3. The van der Waals surface area contributed by atoms with E-state index in [4.69, 9.17) is 9.88 Å². The van der Waals surface area contributed by atoms with Gasteiger partial charge in [0.05, 0.1) is 23.1 Å². The predicted molar refractivity (Wildman–Crippen MR) is 104 cm³/mol. The molecule has 0 aromatic heterocycles. The Kier molecular flexibility index (Phi) is 6.35. The molecule has 2 atom stereocenters. The second-order valence-electron chi connectivity index (χ2n) is 7.26. The number of amides is 3. The van der Waals surface area contributed by atoms with Gasteiger partial charge in [-0.15, -0.1) is 0 Å². The van der Waals surface area contributed by atoms with E-state index in [1.807, 2.05) is 6.92 Å². The van der Waals surface area contributed by atoms with Crippen LogP contribution in [-0.2, 0) is 29.1 Å². The Labute approximate surface area is 169 Å². The van der Waals surface area contributed by atoms with Gasteiger partial charge in [0.25, 0.3) is 5.91 Å². The van der Waals surface area contributed by atoms with Gasteiger partial charge in [-0.25, -0.2) is 18.5 Å². The quantitative estimate of drug-likeness (QED) is 0.646. The molecule has 2 aliphatic heterocycles. The summed E-state index contributed by atoms with van der Waals surface area (Å²) in [6, 6.07) is 4.31. The van der Waals surface area contributed by atoms with Crippen LogP contribution in [0.4, 0.5) is 5.69 Å². The van der Waals surface area contributed by atoms with Crippen molar-refractivity contribution in [1.29, 1.82) is 0 Å². The van der Waals surface area contributed by atoms with E-state index in [-0.39, 0.29) is 42.0 Å². The van der Waals surface area contributed by atoms with Gasteiger partial charge in [0.2, 0.25) is 21.8 Å². The lowest BCUT2D eigenvalue weighted by Crippen LogP contribution is -2.48. The third-order valence-electron chi connectivity index (χ3n) is 5.13. The predicted octanol–water partition coefficient (Wildman–Crippen LogP) is 0.774. The molecule has 3 rings (SSSR count). The molecular formula is C19H25N3O6S. The van der Waals surface area contributed by atoms with E-state index in [0.29, 0.717) is 13.0 Å². The zero-order valence-corrected chi connectivity index (χ0v) is 17.1. The van der Waals surface area contributed by atoms with E-state index < -0.39 is 27.9 Å². The number of carbonyl (C=O) groups is 3. The van der Waals surface area contributed by atoms with Crippen LogP contribution in [0.5, 0.6) is 0 Å². The minimum absolute atomic E-state index is 0.113. The number of sulfonamides is 1. The Bertz CT molecular complexity index is 893. The summed E-state index contributed by atoms with van der Waals surface area (Å²) in [6.07, 6.45) is 2.38. The number of anilines is 1. The second-order valence-corrected chi connectivity index (χ2v) is 8.82. The minimum atomic E-state index is -3.88. The molecule has 29 heavy (non-hydrogen) atoms. The van der Waals surface area contributed by atoms with Crippen LogP contribution in [0.25, 0.3) is 0 Å². The molecule has 2 aliphatic rings. The highest BCUT2D eigenvalue weighted by Gasteiger charge is 2.44. The molecule has 0 spiro atoms. The Morgan fingerprint density at radius 2 is 1.97 bits per heavy atom. The first kappa shape index (κ1) is 21.4. The zero-order valence-electron chi connectivity index (χ0n) is 16.2. The van der Waals surface area contributed by atoms with Gasteiger partial charge in [-0.3, -0.25) is 14.4 Å². The average Bonchev–Trinajstić information content (AvgIpc) is 3.27. The van der Waals surface area contributed by atoms with Crippen LogP contribution in [-0.4, -0.2) is 56.3 Å². The maximum atomic E-state index is 13.0. The van der Waals surface area contributed by atoms with Gasteiger partial charge in [-0.2, -0.15) is 0 Å². The largest absolute Gasteiger partial charge is 0.376 e. The number of rotatable bonds is 7. The van der Waals surface area contributed by atoms with Crippen LogP contribution in [0.1, 0.15) is 39.0 Å². The van der Waals surface area contributed by atoms with Crippen LogP contribution < -0.4 is 10.0 Å². The van der Waals surface area contributed by atoms with Crippen molar-refractivity contribution in [2.75, 3.05) is 18.1 Å². The molecule has 0 aliphatic carbocycles. The first-order valence-electron chi connectivity index (χ1n) is 9.63. The smallest absolute Gasteiger partial charge is 0.257 e. The molecule has 3 amide bonds. The minimum Gasteiger partial charge on any atom is -0.376 e. The maximum Gasteiger partial charge on any atom is 0.257 e. The molecule has 2 heterocycles. The van der Waals surface area contributed by atoms with E-state index >= 15 is 0 Å². The van der Waals surface area contributed by atoms with E-state index in [1.54, 1.807) is 0 Å². The summed E-state index contributed by atoms with van der Waals surface area (Å²) in [6.45, 7) is 2.78. The van der Waals surface area contributed by atoms with Gasteiger partial charge in [0.1, 0.15) is 6.04 Å². The summed E-state index contributed by atoms with van der Waals surface area (Å²) in [7, 11) is -3.88. The number of imide groups is 1. The third-order valence-corrected chi connectivity index (χ3v) is 6.06. The fourth-order valence-electron chi connectivity index (χ4n) is 3.68. The lowest BCUT2D eigenvalue weighted by atomic mass is 10.1. The Balaban J connectivity index is 1.83. The number of benzene rings is 1. The van der Waals surface area contributed by atoms with Gasteiger partial charge >= 0.3 is 0 Å². The van der Waals surface area contributed by atoms with Gasteiger partial charge in [0.15, 0.2) is 0 Å². The zero-order chi connectivity index (χ0) is 21.2. The number of nitrogens with zero attached hydrogens (tertiary/aromatic N) is 2. The van der Waals surface area contributed by atoms with Gasteiger partial charge in [0, 0.05) is 19.6 Å². The highest BCUT2D eigenvalue weighted by Crippen LogP contribution is 2.28. The average molecular weight is 423 g/mol. The molecule has 0 bridgehead atoms. The summed E-state index contributed by atoms with van der Waals surface area (Å²) in [5.74, 6) is -1.12. The van der Waals surface area contributed by atoms with E-state index in [2.05, 4.69) is 0 Å². The maximum absolute atomic E-state index is 13.0. The summed E-state index contributed by atoms with van der Waals surface area (Å²) in [5, 5.41) is 5.08. The second kappa shape index (κ2) is 8.60. The van der Waals surface area contributed by atoms with Crippen molar-refractivity contribution >= 4 is 33.4 Å². The van der Waals surface area contributed by atoms with Crippen LogP contribution in [0.2, 0.25) is 0 Å². The van der Waals surface area contributed by atoms with E-state index in [9.17, 15) is 22.8 Å². The highest BCUT2D eigenvalue weighted by atomic mass is 32.2. The summed E-state index contributed by atoms with van der Waals surface area (Å²) in [4.78, 5) is 40.7. The fourth-order valence-corrected chi connectivity index (χ4v) is 4.20. The standard InChI is InChI=1S/C19H25N3O6S/c1-2-4-17(23)21(12-14-5-3-10-28-14)16-11-18(24)22(19(16)25)13-6-8-15(9-7-13)29(20,26)27/h6-9,14,16H,2-5,10-12H2,1H3,(H2,20,26,27). The SMILES string of the molecule is CCCC(=O)N(CC1CCCO1)C1CC(=O)N(c2ccc(S(N)(=O)=O)cc2)C1=O. The number of hydrogen-bond acceptors (Lipinski definition) is 6. The summed E-state index contributed by atoms with van der Waals surface area (Å²) in [5.41, 5.74) is 0.245. The fraction of sp³-hybridized carbons (Fsp3) is 0.526. The molecule has 2 N–H and O–H groups in total. The molecule has 1 aromatic carbocycles. The first-order chi connectivity index (χ1) is 13.7. The molecule has 10 heteroatoms. The molecule has 2 saturated heterocycles. The number of primary sulfonamides is 1. The molecule has 0 radical (unpaired) electrons. The molecular weight excluding hydrogens is 398 g/mol. The van der Waals surface area contributed by atoms with Crippen LogP contribution in [0, 0.1) is 0 Å². The molecule has 158 valence electrons.